The van der Waals surface area contributed by atoms with Gasteiger partial charge in [0.25, 0.3) is 0 Å². The minimum atomic E-state index is -0.435. The molecule has 0 saturated carbocycles. The van der Waals surface area contributed by atoms with E-state index in [2.05, 4.69) is 21.2 Å². The van der Waals surface area contributed by atoms with Crippen LogP contribution >= 0.6 is 15.9 Å². The topological polar surface area (TPSA) is 38.3 Å². The molecule has 0 unspecified atom stereocenters. The first-order valence-corrected chi connectivity index (χ1v) is 6.08. The van der Waals surface area contributed by atoms with Crippen LogP contribution in [-0.2, 0) is 4.74 Å². The normalized spacial score (nSPS) is 22.8. The average molecular weight is 302 g/mol. The van der Waals surface area contributed by atoms with E-state index in [-0.39, 0.29) is 17.3 Å². The van der Waals surface area contributed by atoms with Crippen LogP contribution in [0.3, 0.4) is 0 Å². The molecule has 0 aliphatic carbocycles. The summed E-state index contributed by atoms with van der Waals surface area (Å²) < 4.78 is 18.5. The molecular formula is C12H13BrFNO2. The number of rotatable bonds is 1. The minimum Gasteiger partial charge on any atom is -0.449 e. The molecular weight excluding hydrogens is 289 g/mol. The van der Waals surface area contributed by atoms with Crippen LogP contribution in [0, 0.1) is 11.2 Å². The van der Waals surface area contributed by atoms with Crippen LogP contribution in [0.15, 0.2) is 22.7 Å². The van der Waals surface area contributed by atoms with Crippen molar-refractivity contribution in [2.75, 3.05) is 6.61 Å². The zero-order valence-electron chi connectivity index (χ0n) is 9.59. The highest BCUT2D eigenvalue weighted by molar-refractivity contribution is 9.10. The molecule has 0 spiro atoms. The fourth-order valence-electron chi connectivity index (χ4n) is 1.92. The SMILES string of the molecule is CC1(C)COC(=O)N[C@H]1c1ccc(F)c(Br)c1. The molecule has 3 nitrogen and oxygen atoms in total. The van der Waals surface area contributed by atoms with Crippen LogP contribution in [0.1, 0.15) is 25.5 Å². The van der Waals surface area contributed by atoms with Crippen LogP contribution < -0.4 is 5.32 Å². The number of carbonyl (C=O) groups is 1. The first kappa shape index (κ1) is 12.4. The Morgan fingerprint density at radius 3 is 2.88 bits per heavy atom. The number of carbonyl (C=O) groups excluding carboxylic acids is 1. The quantitative estimate of drug-likeness (QED) is 0.863. The van der Waals surface area contributed by atoms with Gasteiger partial charge in [0.2, 0.25) is 0 Å². The lowest BCUT2D eigenvalue weighted by Gasteiger charge is -2.38. The lowest BCUT2D eigenvalue weighted by atomic mass is 9.80. The monoisotopic (exact) mass is 301 g/mol. The Kier molecular flexibility index (Phi) is 3.12. The standard InChI is InChI=1S/C12H13BrFNO2/c1-12(2)6-17-11(16)15-10(12)7-3-4-9(14)8(13)5-7/h3-5,10H,6H2,1-2H3,(H,15,16)/t10-/m0/s1. The van der Waals surface area contributed by atoms with Crippen LogP contribution in [0.5, 0.6) is 0 Å². The van der Waals surface area contributed by atoms with Crippen LogP contribution in [-0.4, -0.2) is 12.7 Å². The number of hydrogen-bond donors (Lipinski definition) is 1. The summed E-state index contributed by atoms with van der Waals surface area (Å²) in [6.45, 7) is 4.33. The summed E-state index contributed by atoms with van der Waals surface area (Å²) in [5, 5.41) is 2.77. The second-order valence-electron chi connectivity index (χ2n) is 4.82. The number of nitrogens with one attached hydrogen (secondary N) is 1. The molecule has 2 rings (SSSR count). The Morgan fingerprint density at radius 2 is 2.24 bits per heavy atom. The van der Waals surface area contributed by atoms with Gasteiger partial charge in [-0.1, -0.05) is 19.9 Å². The molecule has 0 bridgehead atoms. The van der Waals surface area contributed by atoms with E-state index in [1.807, 2.05) is 13.8 Å². The van der Waals surface area contributed by atoms with Gasteiger partial charge < -0.3 is 10.1 Å². The molecule has 1 saturated heterocycles. The van der Waals surface area contributed by atoms with Crippen molar-refractivity contribution >= 4 is 22.0 Å². The molecule has 1 aliphatic heterocycles. The van der Waals surface area contributed by atoms with Gasteiger partial charge in [-0.25, -0.2) is 9.18 Å². The Hall–Kier alpha value is -1.10. The Labute approximate surface area is 107 Å². The number of ether oxygens (including phenoxy) is 1. The number of cyclic esters (lactones) is 1. The lowest BCUT2D eigenvalue weighted by Crippen LogP contribution is -2.46. The summed E-state index contributed by atoms with van der Waals surface area (Å²) in [6, 6.07) is 4.57. The van der Waals surface area contributed by atoms with E-state index in [1.165, 1.54) is 6.07 Å². The molecule has 92 valence electrons. The van der Waals surface area contributed by atoms with Gasteiger partial charge in [0, 0.05) is 5.41 Å². The molecule has 1 N–H and O–H groups in total. The highest BCUT2D eigenvalue weighted by Crippen LogP contribution is 2.37. The van der Waals surface area contributed by atoms with E-state index in [0.717, 1.165) is 5.56 Å². The van der Waals surface area contributed by atoms with Crippen LogP contribution in [0.2, 0.25) is 0 Å². The number of hydrogen-bond acceptors (Lipinski definition) is 2. The van der Waals surface area contributed by atoms with Gasteiger partial charge in [0.05, 0.1) is 10.5 Å². The van der Waals surface area contributed by atoms with Crippen molar-refractivity contribution in [2.24, 2.45) is 5.41 Å². The molecule has 1 fully saturated rings. The maximum atomic E-state index is 13.2. The minimum absolute atomic E-state index is 0.180. The van der Waals surface area contributed by atoms with Gasteiger partial charge in [0.15, 0.2) is 0 Å². The zero-order valence-corrected chi connectivity index (χ0v) is 11.2. The summed E-state index contributed by atoms with van der Waals surface area (Å²) in [4.78, 5) is 11.3. The largest absolute Gasteiger partial charge is 0.449 e. The van der Waals surface area contributed by atoms with Gasteiger partial charge in [0.1, 0.15) is 12.4 Å². The van der Waals surface area contributed by atoms with Crippen molar-refractivity contribution < 1.29 is 13.9 Å². The first-order valence-electron chi connectivity index (χ1n) is 5.28. The maximum Gasteiger partial charge on any atom is 0.407 e. The molecule has 1 atom stereocenters. The molecule has 0 radical (unpaired) electrons. The summed E-state index contributed by atoms with van der Waals surface area (Å²) in [6.07, 6.45) is -0.435. The Bertz CT molecular complexity index is 462. The van der Waals surface area contributed by atoms with E-state index in [0.29, 0.717) is 11.1 Å². The predicted molar refractivity (Wildman–Crippen MR) is 65.1 cm³/mol. The number of alkyl carbamates (subject to hydrolysis) is 1. The van der Waals surface area contributed by atoms with E-state index < -0.39 is 6.09 Å². The molecule has 17 heavy (non-hydrogen) atoms. The van der Waals surface area contributed by atoms with Crippen molar-refractivity contribution in [3.8, 4) is 0 Å². The second kappa shape index (κ2) is 4.29. The second-order valence-corrected chi connectivity index (χ2v) is 5.67. The van der Waals surface area contributed by atoms with E-state index in [9.17, 15) is 9.18 Å². The third kappa shape index (κ3) is 2.44. The Morgan fingerprint density at radius 1 is 1.53 bits per heavy atom. The van der Waals surface area contributed by atoms with Gasteiger partial charge in [-0.15, -0.1) is 0 Å². The number of benzene rings is 1. The van der Waals surface area contributed by atoms with Crippen molar-refractivity contribution in [1.29, 1.82) is 0 Å². The summed E-state index contributed by atoms with van der Waals surface area (Å²) >= 11 is 3.15. The molecule has 1 aromatic carbocycles. The summed E-state index contributed by atoms with van der Waals surface area (Å²) in [5.74, 6) is -0.315. The van der Waals surface area contributed by atoms with E-state index in [1.54, 1.807) is 12.1 Å². The fraction of sp³-hybridized carbons (Fsp3) is 0.417. The summed E-state index contributed by atoms with van der Waals surface area (Å²) in [7, 11) is 0. The highest BCUT2D eigenvalue weighted by Gasteiger charge is 2.37. The molecule has 5 heteroatoms. The van der Waals surface area contributed by atoms with Crippen LogP contribution in [0.4, 0.5) is 9.18 Å². The molecule has 0 aromatic heterocycles. The Balaban J connectivity index is 2.36. The van der Waals surface area contributed by atoms with Crippen molar-refractivity contribution in [1.82, 2.24) is 5.32 Å². The summed E-state index contributed by atoms with van der Waals surface area (Å²) in [5.41, 5.74) is 0.630. The first-order chi connectivity index (χ1) is 7.90. The lowest BCUT2D eigenvalue weighted by molar-refractivity contribution is 0.0387. The smallest absolute Gasteiger partial charge is 0.407 e. The van der Waals surface area contributed by atoms with E-state index in [4.69, 9.17) is 4.74 Å². The average Bonchev–Trinajstić information content (AvgIpc) is 2.26. The molecule has 1 aromatic rings. The predicted octanol–water partition coefficient (Wildman–Crippen LogP) is 3.40. The van der Waals surface area contributed by atoms with Gasteiger partial charge in [-0.2, -0.15) is 0 Å². The van der Waals surface area contributed by atoms with Gasteiger partial charge >= 0.3 is 6.09 Å². The fourth-order valence-corrected chi connectivity index (χ4v) is 2.31. The zero-order chi connectivity index (χ0) is 12.6. The van der Waals surface area contributed by atoms with E-state index >= 15 is 0 Å². The van der Waals surface area contributed by atoms with Crippen molar-refractivity contribution in [3.05, 3.63) is 34.1 Å². The third-order valence-electron chi connectivity index (χ3n) is 2.90. The third-order valence-corrected chi connectivity index (χ3v) is 3.50. The molecule has 1 amide bonds. The van der Waals surface area contributed by atoms with Crippen LogP contribution in [0.25, 0.3) is 0 Å². The van der Waals surface area contributed by atoms with Crippen molar-refractivity contribution in [2.45, 2.75) is 19.9 Å². The number of halogens is 2. The number of amides is 1. The molecule has 1 heterocycles. The van der Waals surface area contributed by atoms with Gasteiger partial charge in [-0.3, -0.25) is 0 Å². The maximum absolute atomic E-state index is 13.2. The van der Waals surface area contributed by atoms with Gasteiger partial charge in [-0.05, 0) is 33.6 Å². The highest BCUT2D eigenvalue weighted by atomic mass is 79.9. The van der Waals surface area contributed by atoms with Crippen molar-refractivity contribution in [3.63, 3.8) is 0 Å². The molecule has 1 aliphatic rings.